The standard InChI is InChI=1S/C30H38N6O2/c1-31-30(38)33-26-22-25(29(37)32-16-17-34(2)3)14-15-27(26)35-18-20-36(21-19-35)28(23-10-6-4-7-11-23)24-12-8-5-9-13-24/h4-15,22,28H,16-21H2,1-3H3,(H,32,37)(H2,31,33,38). The number of rotatable bonds is 9. The molecule has 4 rings (SSSR count). The van der Waals surface area contributed by atoms with E-state index in [0.717, 1.165) is 38.4 Å². The predicted molar refractivity (Wildman–Crippen MR) is 154 cm³/mol. The van der Waals surface area contributed by atoms with Gasteiger partial charge in [-0.15, -0.1) is 0 Å². The summed E-state index contributed by atoms with van der Waals surface area (Å²) in [6.07, 6.45) is 0. The molecule has 1 heterocycles. The van der Waals surface area contributed by atoms with Gasteiger partial charge in [0.1, 0.15) is 0 Å². The first-order valence-corrected chi connectivity index (χ1v) is 13.1. The van der Waals surface area contributed by atoms with Crippen LogP contribution in [-0.4, -0.2) is 82.1 Å². The highest BCUT2D eigenvalue weighted by Gasteiger charge is 2.27. The minimum absolute atomic E-state index is 0.156. The third-order valence-electron chi connectivity index (χ3n) is 6.83. The summed E-state index contributed by atoms with van der Waals surface area (Å²) in [4.78, 5) is 31.8. The highest BCUT2D eigenvalue weighted by Crippen LogP contribution is 2.33. The van der Waals surface area contributed by atoms with Crippen molar-refractivity contribution in [2.45, 2.75) is 6.04 Å². The Balaban J connectivity index is 1.52. The molecule has 0 radical (unpaired) electrons. The Morgan fingerprint density at radius 1 is 0.868 bits per heavy atom. The number of likely N-dealkylation sites (N-methyl/N-ethyl adjacent to an activating group) is 1. The van der Waals surface area contributed by atoms with Crippen LogP contribution in [0.5, 0.6) is 0 Å². The van der Waals surface area contributed by atoms with Gasteiger partial charge in [0, 0.05) is 51.9 Å². The second kappa shape index (κ2) is 13.1. The number of nitrogens with zero attached hydrogens (tertiary/aromatic N) is 3. The molecular formula is C30H38N6O2. The maximum atomic E-state index is 12.7. The average molecular weight is 515 g/mol. The number of piperazine rings is 1. The van der Waals surface area contributed by atoms with Gasteiger partial charge in [0.15, 0.2) is 0 Å². The van der Waals surface area contributed by atoms with E-state index in [1.54, 1.807) is 13.1 Å². The van der Waals surface area contributed by atoms with E-state index >= 15 is 0 Å². The fourth-order valence-corrected chi connectivity index (χ4v) is 4.84. The summed E-state index contributed by atoms with van der Waals surface area (Å²) in [7, 11) is 5.51. The summed E-state index contributed by atoms with van der Waals surface area (Å²) in [6, 6.07) is 26.6. The summed E-state index contributed by atoms with van der Waals surface area (Å²) in [5.74, 6) is -0.156. The zero-order chi connectivity index (χ0) is 26.9. The highest BCUT2D eigenvalue weighted by atomic mass is 16.2. The van der Waals surface area contributed by atoms with E-state index in [4.69, 9.17) is 0 Å². The topological polar surface area (TPSA) is 79.9 Å². The fourth-order valence-electron chi connectivity index (χ4n) is 4.84. The van der Waals surface area contributed by atoms with Crippen LogP contribution in [0.4, 0.5) is 16.2 Å². The van der Waals surface area contributed by atoms with Crippen molar-refractivity contribution >= 4 is 23.3 Å². The van der Waals surface area contributed by atoms with Gasteiger partial charge in [-0.25, -0.2) is 4.79 Å². The Morgan fingerprint density at radius 3 is 2.03 bits per heavy atom. The van der Waals surface area contributed by atoms with Crippen molar-refractivity contribution in [2.75, 3.05) is 70.6 Å². The summed E-state index contributed by atoms with van der Waals surface area (Å²) >= 11 is 0. The van der Waals surface area contributed by atoms with E-state index in [-0.39, 0.29) is 18.0 Å². The predicted octanol–water partition coefficient (Wildman–Crippen LogP) is 3.64. The molecule has 0 aliphatic carbocycles. The molecule has 0 aromatic heterocycles. The van der Waals surface area contributed by atoms with Crippen LogP contribution >= 0.6 is 0 Å². The van der Waals surface area contributed by atoms with Crippen molar-refractivity contribution in [3.05, 3.63) is 95.6 Å². The minimum atomic E-state index is -0.316. The number of carbonyl (C=O) groups excluding carboxylic acids is 2. The number of nitrogens with one attached hydrogen (secondary N) is 3. The van der Waals surface area contributed by atoms with E-state index in [9.17, 15) is 9.59 Å². The van der Waals surface area contributed by atoms with Crippen LogP contribution in [0.3, 0.4) is 0 Å². The maximum Gasteiger partial charge on any atom is 0.319 e. The summed E-state index contributed by atoms with van der Waals surface area (Å²) in [5, 5.41) is 8.48. The lowest BCUT2D eigenvalue weighted by molar-refractivity contribution is 0.0951. The second-order valence-electron chi connectivity index (χ2n) is 9.74. The van der Waals surface area contributed by atoms with Crippen LogP contribution in [0.1, 0.15) is 27.5 Å². The number of anilines is 2. The molecule has 38 heavy (non-hydrogen) atoms. The fraction of sp³-hybridized carbons (Fsp3) is 0.333. The molecule has 1 saturated heterocycles. The molecule has 8 heteroatoms. The van der Waals surface area contributed by atoms with Crippen LogP contribution in [-0.2, 0) is 0 Å². The van der Waals surface area contributed by atoms with Gasteiger partial charge >= 0.3 is 6.03 Å². The second-order valence-corrected chi connectivity index (χ2v) is 9.74. The molecular weight excluding hydrogens is 476 g/mol. The number of amides is 3. The van der Waals surface area contributed by atoms with Crippen LogP contribution < -0.4 is 20.9 Å². The molecule has 1 aliphatic heterocycles. The third kappa shape index (κ3) is 6.90. The van der Waals surface area contributed by atoms with E-state index < -0.39 is 0 Å². The Hall–Kier alpha value is -3.88. The first-order valence-electron chi connectivity index (χ1n) is 13.1. The Kier molecular flexibility index (Phi) is 9.35. The van der Waals surface area contributed by atoms with Crippen molar-refractivity contribution in [2.24, 2.45) is 0 Å². The minimum Gasteiger partial charge on any atom is -0.367 e. The molecule has 0 spiro atoms. The zero-order valence-electron chi connectivity index (χ0n) is 22.5. The number of hydrogen-bond acceptors (Lipinski definition) is 5. The van der Waals surface area contributed by atoms with Gasteiger partial charge in [0.05, 0.1) is 17.4 Å². The molecule has 0 atom stereocenters. The molecule has 3 aromatic carbocycles. The van der Waals surface area contributed by atoms with E-state index in [0.29, 0.717) is 17.8 Å². The van der Waals surface area contributed by atoms with Gasteiger partial charge in [-0.2, -0.15) is 0 Å². The van der Waals surface area contributed by atoms with Crippen molar-refractivity contribution in [3.63, 3.8) is 0 Å². The summed E-state index contributed by atoms with van der Waals surface area (Å²) in [6.45, 7) is 4.63. The summed E-state index contributed by atoms with van der Waals surface area (Å²) in [5.41, 5.74) is 4.61. The molecule has 0 unspecified atom stereocenters. The molecule has 1 fully saturated rings. The van der Waals surface area contributed by atoms with Crippen molar-refractivity contribution in [1.82, 2.24) is 20.4 Å². The smallest absolute Gasteiger partial charge is 0.319 e. The zero-order valence-corrected chi connectivity index (χ0v) is 22.5. The number of hydrogen-bond donors (Lipinski definition) is 3. The maximum absolute atomic E-state index is 12.7. The van der Waals surface area contributed by atoms with Gasteiger partial charge < -0.3 is 25.8 Å². The van der Waals surface area contributed by atoms with Crippen LogP contribution in [0.15, 0.2) is 78.9 Å². The lowest BCUT2D eigenvalue weighted by Crippen LogP contribution is -2.48. The third-order valence-corrected chi connectivity index (χ3v) is 6.83. The van der Waals surface area contributed by atoms with Crippen LogP contribution in [0, 0.1) is 0 Å². The first kappa shape index (κ1) is 27.2. The first-order chi connectivity index (χ1) is 18.5. The quantitative estimate of drug-likeness (QED) is 0.406. The van der Waals surface area contributed by atoms with Crippen LogP contribution in [0.2, 0.25) is 0 Å². The van der Waals surface area contributed by atoms with Gasteiger partial charge in [-0.3, -0.25) is 9.69 Å². The lowest BCUT2D eigenvalue weighted by Gasteiger charge is -2.41. The largest absolute Gasteiger partial charge is 0.367 e. The molecule has 8 nitrogen and oxygen atoms in total. The number of urea groups is 1. The molecule has 0 saturated carbocycles. The molecule has 200 valence electrons. The van der Waals surface area contributed by atoms with E-state index in [2.05, 4.69) is 86.4 Å². The SMILES string of the molecule is CNC(=O)Nc1cc(C(=O)NCCN(C)C)ccc1N1CCN(C(c2ccccc2)c2ccccc2)CC1. The summed E-state index contributed by atoms with van der Waals surface area (Å²) < 4.78 is 0. The number of carbonyl (C=O) groups is 2. The van der Waals surface area contributed by atoms with Gasteiger partial charge in [0.2, 0.25) is 0 Å². The Morgan fingerprint density at radius 2 is 1.47 bits per heavy atom. The molecule has 3 amide bonds. The van der Waals surface area contributed by atoms with Gasteiger partial charge in [0.25, 0.3) is 5.91 Å². The number of benzene rings is 3. The molecule has 0 bridgehead atoms. The van der Waals surface area contributed by atoms with Crippen molar-refractivity contribution in [3.8, 4) is 0 Å². The Bertz CT molecular complexity index is 1150. The molecule has 3 N–H and O–H groups in total. The van der Waals surface area contributed by atoms with Crippen molar-refractivity contribution < 1.29 is 9.59 Å². The van der Waals surface area contributed by atoms with Gasteiger partial charge in [-0.05, 0) is 43.4 Å². The average Bonchev–Trinajstić information content (AvgIpc) is 2.94. The van der Waals surface area contributed by atoms with E-state index in [1.807, 2.05) is 31.1 Å². The monoisotopic (exact) mass is 514 g/mol. The molecule has 3 aromatic rings. The normalized spacial score (nSPS) is 14.0. The van der Waals surface area contributed by atoms with E-state index in [1.165, 1.54) is 11.1 Å². The molecule has 1 aliphatic rings. The highest BCUT2D eigenvalue weighted by molar-refractivity contribution is 5.99. The van der Waals surface area contributed by atoms with Gasteiger partial charge in [-0.1, -0.05) is 60.7 Å². The Labute approximate surface area is 225 Å². The van der Waals surface area contributed by atoms with Crippen molar-refractivity contribution in [1.29, 1.82) is 0 Å². The van der Waals surface area contributed by atoms with Crippen LogP contribution in [0.25, 0.3) is 0 Å². The lowest BCUT2D eigenvalue weighted by atomic mass is 9.96.